The minimum atomic E-state index is -0.911. The van der Waals surface area contributed by atoms with Gasteiger partial charge < -0.3 is 9.84 Å². The number of rotatable bonds is 6. The van der Waals surface area contributed by atoms with Crippen molar-refractivity contribution in [1.29, 1.82) is 0 Å². The number of unbranched alkanes of at least 4 members (excludes halogenated alkanes) is 1. The van der Waals surface area contributed by atoms with Crippen molar-refractivity contribution >= 4 is 11.9 Å². The number of hydrogen-bond donors (Lipinski definition) is 1. The number of hydrogen-bond acceptors (Lipinski definition) is 3. The summed E-state index contributed by atoms with van der Waals surface area (Å²) in [5.74, 6) is -1.94. The Morgan fingerprint density at radius 2 is 2.11 bits per heavy atom. The number of carboxylic acids is 1. The molecular weight excluding hydrogens is 232 g/mol. The molecule has 98 valence electrons. The first-order chi connectivity index (χ1) is 8.56. The van der Waals surface area contributed by atoms with Gasteiger partial charge in [0.25, 0.3) is 0 Å². The number of carbonyl (C=O) groups is 2. The second-order valence-corrected chi connectivity index (χ2v) is 4.17. The summed E-state index contributed by atoms with van der Waals surface area (Å²) in [6.45, 7) is 4.00. The van der Waals surface area contributed by atoms with E-state index in [1.807, 2.05) is 6.92 Å². The second kappa shape index (κ2) is 6.79. The van der Waals surface area contributed by atoms with Crippen LogP contribution in [0.15, 0.2) is 24.3 Å². The van der Waals surface area contributed by atoms with Crippen molar-refractivity contribution in [3.8, 4) is 0 Å². The molecule has 4 nitrogen and oxygen atoms in total. The molecular formula is C14H18O4. The van der Waals surface area contributed by atoms with Crippen LogP contribution < -0.4 is 0 Å². The van der Waals surface area contributed by atoms with Crippen LogP contribution in [0.4, 0.5) is 0 Å². The Bertz CT molecular complexity index is 426. The molecule has 0 bridgehead atoms. The Balaban J connectivity index is 2.75. The highest BCUT2D eigenvalue weighted by Crippen LogP contribution is 2.17. The van der Waals surface area contributed by atoms with Crippen LogP contribution in [0.5, 0.6) is 0 Å². The molecule has 0 aliphatic carbocycles. The van der Waals surface area contributed by atoms with E-state index in [1.54, 1.807) is 31.2 Å². The highest BCUT2D eigenvalue weighted by molar-refractivity contribution is 5.90. The van der Waals surface area contributed by atoms with Gasteiger partial charge in [-0.2, -0.15) is 0 Å². The zero-order valence-electron chi connectivity index (χ0n) is 10.7. The topological polar surface area (TPSA) is 63.6 Å². The summed E-state index contributed by atoms with van der Waals surface area (Å²) in [4.78, 5) is 22.6. The van der Waals surface area contributed by atoms with E-state index in [4.69, 9.17) is 9.84 Å². The van der Waals surface area contributed by atoms with E-state index in [1.165, 1.54) is 0 Å². The lowest BCUT2D eigenvalue weighted by Gasteiger charge is -2.09. The molecule has 0 heterocycles. The maximum atomic E-state index is 11.7. The molecule has 0 fully saturated rings. The van der Waals surface area contributed by atoms with E-state index < -0.39 is 17.9 Å². The van der Waals surface area contributed by atoms with Crippen LogP contribution in [0.1, 0.15) is 48.5 Å². The van der Waals surface area contributed by atoms with Gasteiger partial charge in [0.1, 0.15) is 0 Å². The largest absolute Gasteiger partial charge is 0.481 e. The minimum absolute atomic E-state index is 0.397. The summed E-state index contributed by atoms with van der Waals surface area (Å²) in [6.07, 6.45) is 1.79. The van der Waals surface area contributed by atoms with E-state index in [-0.39, 0.29) is 0 Å². The zero-order chi connectivity index (χ0) is 13.5. The Kier molecular flexibility index (Phi) is 5.36. The van der Waals surface area contributed by atoms with E-state index in [0.29, 0.717) is 17.7 Å². The first-order valence-electron chi connectivity index (χ1n) is 6.06. The lowest BCUT2D eigenvalue weighted by atomic mass is 9.99. The Morgan fingerprint density at radius 3 is 2.72 bits per heavy atom. The third-order valence-corrected chi connectivity index (χ3v) is 2.72. The normalized spacial score (nSPS) is 11.9. The van der Waals surface area contributed by atoms with Crippen LogP contribution in [0.25, 0.3) is 0 Å². The maximum absolute atomic E-state index is 11.7. The zero-order valence-corrected chi connectivity index (χ0v) is 10.7. The maximum Gasteiger partial charge on any atom is 0.338 e. The number of carboxylic acid groups (broad SMARTS) is 1. The number of esters is 1. The number of benzene rings is 1. The van der Waals surface area contributed by atoms with Crippen LogP contribution in [0.3, 0.4) is 0 Å². The Labute approximate surface area is 107 Å². The van der Waals surface area contributed by atoms with Crippen LogP contribution in [-0.4, -0.2) is 23.7 Å². The van der Waals surface area contributed by atoms with Crippen molar-refractivity contribution in [3.05, 3.63) is 35.4 Å². The summed E-state index contributed by atoms with van der Waals surface area (Å²) in [5.41, 5.74) is 1.00. The molecule has 1 aromatic carbocycles. The summed E-state index contributed by atoms with van der Waals surface area (Å²) in [6, 6.07) is 6.58. The van der Waals surface area contributed by atoms with Gasteiger partial charge >= 0.3 is 11.9 Å². The molecule has 0 amide bonds. The van der Waals surface area contributed by atoms with Gasteiger partial charge in [-0.25, -0.2) is 4.79 Å². The molecule has 0 aliphatic rings. The molecule has 0 radical (unpaired) electrons. The molecule has 0 spiro atoms. The number of aliphatic carboxylic acids is 1. The van der Waals surface area contributed by atoms with Crippen LogP contribution in [0.2, 0.25) is 0 Å². The van der Waals surface area contributed by atoms with Crippen molar-refractivity contribution < 1.29 is 19.4 Å². The van der Waals surface area contributed by atoms with Gasteiger partial charge in [0.15, 0.2) is 0 Å². The summed E-state index contributed by atoms with van der Waals surface area (Å²) in [7, 11) is 0. The lowest BCUT2D eigenvalue weighted by molar-refractivity contribution is -0.138. The molecule has 1 rings (SSSR count). The molecule has 0 saturated heterocycles. The summed E-state index contributed by atoms with van der Waals surface area (Å²) >= 11 is 0. The SMILES string of the molecule is CCCCOC(=O)c1cccc(C(C)C(=O)O)c1. The molecule has 4 heteroatoms. The first kappa shape index (κ1) is 14.2. The van der Waals surface area contributed by atoms with Gasteiger partial charge in [-0.3, -0.25) is 4.79 Å². The molecule has 1 N–H and O–H groups in total. The fraction of sp³-hybridized carbons (Fsp3) is 0.429. The smallest absolute Gasteiger partial charge is 0.338 e. The fourth-order valence-corrected chi connectivity index (χ4v) is 1.47. The van der Waals surface area contributed by atoms with Gasteiger partial charge in [-0.15, -0.1) is 0 Å². The third-order valence-electron chi connectivity index (χ3n) is 2.72. The van der Waals surface area contributed by atoms with Crippen LogP contribution in [-0.2, 0) is 9.53 Å². The average Bonchev–Trinajstić information content (AvgIpc) is 2.38. The molecule has 18 heavy (non-hydrogen) atoms. The second-order valence-electron chi connectivity index (χ2n) is 4.17. The van der Waals surface area contributed by atoms with Gasteiger partial charge in [-0.05, 0) is 31.0 Å². The minimum Gasteiger partial charge on any atom is -0.481 e. The van der Waals surface area contributed by atoms with Gasteiger partial charge in [-0.1, -0.05) is 25.5 Å². The van der Waals surface area contributed by atoms with E-state index >= 15 is 0 Å². The quantitative estimate of drug-likeness (QED) is 0.623. The monoisotopic (exact) mass is 250 g/mol. The van der Waals surface area contributed by atoms with Crippen molar-refractivity contribution in [2.75, 3.05) is 6.61 Å². The molecule has 0 aliphatic heterocycles. The molecule has 1 unspecified atom stereocenters. The molecule has 1 aromatic rings. The van der Waals surface area contributed by atoms with Crippen LogP contribution in [0, 0.1) is 0 Å². The van der Waals surface area contributed by atoms with Gasteiger partial charge in [0, 0.05) is 0 Å². The fourth-order valence-electron chi connectivity index (χ4n) is 1.47. The summed E-state index contributed by atoms with van der Waals surface area (Å²) < 4.78 is 5.08. The Morgan fingerprint density at radius 1 is 1.39 bits per heavy atom. The average molecular weight is 250 g/mol. The standard InChI is InChI=1S/C14H18O4/c1-3-4-8-18-14(17)12-7-5-6-11(9-12)10(2)13(15)16/h5-7,9-10H,3-4,8H2,1-2H3,(H,15,16). The van der Waals surface area contributed by atoms with Crippen molar-refractivity contribution in [2.45, 2.75) is 32.6 Å². The predicted molar refractivity (Wildman–Crippen MR) is 67.7 cm³/mol. The van der Waals surface area contributed by atoms with Gasteiger partial charge in [0.2, 0.25) is 0 Å². The highest BCUT2D eigenvalue weighted by atomic mass is 16.5. The van der Waals surface area contributed by atoms with E-state index in [2.05, 4.69) is 0 Å². The van der Waals surface area contributed by atoms with Gasteiger partial charge in [0.05, 0.1) is 18.1 Å². The van der Waals surface area contributed by atoms with Crippen LogP contribution >= 0.6 is 0 Å². The first-order valence-corrected chi connectivity index (χ1v) is 6.06. The number of ether oxygens (including phenoxy) is 1. The van der Waals surface area contributed by atoms with Crippen molar-refractivity contribution in [2.24, 2.45) is 0 Å². The number of carbonyl (C=O) groups excluding carboxylic acids is 1. The van der Waals surface area contributed by atoms with E-state index in [0.717, 1.165) is 12.8 Å². The lowest BCUT2D eigenvalue weighted by Crippen LogP contribution is -2.10. The molecule has 1 atom stereocenters. The van der Waals surface area contributed by atoms with E-state index in [9.17, 15) is 9.59 Å². The predicted octanol–water partition coefficient (Wildman–Crippen LogP) is 2.83. The van der Waals surface area contributed by atoms with Crippen molar-refractivity contribution in [3.63, 3.8) is 0 Å². The molecule has 0 saturated carbocycles. The van der Waals surface area contributed by atoms with Crippen molar-refractivity contribution in [1.82, 2.24) is 0 Å². The Hall–Kier alpha value is -1.84. The highest BCUT2D eigenvalue weighted by Gasteiger charge is 2.15. The summed E-state index contributed by atoms with van der Waals surface area (Å²) in [5, 5.41) is 8.92. The molecule has 0 aromatic heterocycles. The third kappa shape index (κ3) is 3.87.